The molecule has 1 aromatic carbocycles. The third-order valence-corrected chi connectivity index (χ3v) is 5.46. The molecule has 6 nitrogen and oxygen atoms in total. The van der Waals surface area contributed by atoms with Crippen molar-refractivity contribution in [3.63, 3.8) is 0 Å². The number of nitrogens with zero attached hydrogens (tertiary/aromatic N) is 1. The Morgan fingerprint density at radius 1 is 1.06 bits per heavy atom. The first-order chi connectivity index (χ1) is 14.6. The van der Waals surface area contributed by atoms with Crippen molar-refractivity contribution in [1.82, 2.24) is 10.6 Å². The van der Waals surface area contributed by atoms with E-state index in [-0.39, 0.29) is 24.0 Å². The van der Waals surface area contributed by atoms with Gasteiger partial charge in [0.2, 0.25) is 0 Å². The number of rotatable bonds is 12. The molecule has 1 saturated heterocycles. The highest BCUT2D eigenvalue weighted by Crippen LogP contribution is 2.18. The van der Waals surface area contributed by atoms with Crippen LogP contribution in [0, 0.1) is 0 Å². The van der Waals surface area contributed by atoms with Crippen molar-refractivity contribution in [2.24, 2.45) is 4.99 Å². The van der Waals surface area contributed by atoms with Gasteiger partial charge in [-0.1, -0.05) is 51.0 Å². The Balaban J connectivity index is 0.00000480. The molecule has 0 aliphatic carbocycles. The number of aliphatic hydroxyl groups is 1. The quantitative estimate of drug-likeness (QED) is 0.206. The maximum atomic E-state index is 10.8. The molecule has 31 heavy (non-hydrogen) atoms. The summed E-state index contributed by atoms with van der Waals surface area (Å²) in [5.41, 5.74) is 1.66. The first kappa shape index (κ1) is 28.1. The zero-order valence-corrected chi connectivity index (χ0v) is 21.8. The van der Waals surface area contributed by atoms with Crippen LogP contribution in [0.4, 0.5) is 0 Å². The van der Waals surface area contributed by atoms with E-state index in [1.165, 1.54) is 5.56 Å². The van der Waals surface area contributed by atoms with E-state index in [1.54, 1.807) is 0 Å². The van der Waals surface area contributed by atoms with Crippen LogP contribution < -0.4 is 10.6 Å². The Labute approximate surface area is 205 Å². The van der Waals surface area contributed by atoms with Crippen LogP contribution in [0.5, 0.6) is 0 Å². The summed E-state index contributed by atoms with van der Waals surface area (Å²) in [6.45, 7) is 10.4. The highest BCUT2D eigenvalue weighted by atomic mass is 127. The molecule has 1 aliphatic heterocycles. The SMILES string of the molecule is CCCC(O)(CCC)CNC(=NCc1ccc(COC2CCOCC2)cc1)NCC.I. The summed E-state index contributed by atoms with van der Waals surface area (Å²) in [5, 5.41) is 17.4. The fourth-order valence-electron chi connectivity index (χ4n) is 3.79. The lowest BCUT2D eigenvalue weighted by molar-refractivity contribution is -0.0390. The Morgan fingerprint density at radius 2 is 1.68 bits per heavy atom. The van der Waals surface area contributed by atoms with E-state index in [1.807, 2.05) is 0 Å². The second-order valence-electron chi connectivity index (χ2n) is 8.21. The molecule has 2 rings (SSSR count). The number of hydrogen-bond donors (Lipinski definition) is 3. The Morgan fingerprint density at radius 3 is 2.26 bits per heavy atom. The summed E-state index contributed by atoms with van der Waals surface area (Å²) in [6.07, 6.45) is 5.82. The lowest BCUT2D eigenvalue weighted by Gasteiger charge is -2.28. The minimum absolute atomic E-state index is 0. The average Bonchev–Trinajstić information content (AvgIpc) is 2.76. The van der Waals surface area contributed by atoms with Gasteiger partial charge in [-0.2, -0.15) is 0 Å². The lowest BCUT2D eigenvalue weighted by Crippen LogP contribution is -2.47. The molecule has 7 heteroatoms. The summed E-state index contributed by atoms with van der Waals surface area (Å²) in [5.74, 6) is 0.745. The van der Waals surface area contributed by atoms with Crippen LogP contribution in [0.3, 0.4) is 0 Å². The Kier molecular flexibility index (Phi) is 14.4. The summed E-state index contributed by atoms with van der Waals surface area (Å²) in [6, 6.07) is 8.46. The van der Waals surface area contributed by atoms with Gasteiger partial charge in [0.25, 0.3) is 0 Å². The molecule has 1 fully saturated rings. The van der Waals surface area contributed by atoms with Crippen molar-refractivity contribution in [2.75, 3.05) is 26.3 Å². The maximum Gasteiger partial charge on any atom is 0.191 e. The molecule has 0 saturated carbocycles. The average molecular weight is 548 g/mol. The van der Waals surface area contributed by atoms with Crippen molar-refractivity contribution < 1.29 is 14.6 Å². The molecule has 1 aromatic rings. The molecule has 3 N–H and O–H groups in total. The highest BCUT2D eigenvalue weighted by molar-refractivity contribution is 14.0. The number of hydrogen-bond acceptors (Lipinski definition) is 4. The molecule has 0 amide bonds. The van der Waals surface area contributed by atoms with Crippen molar-refractivity contribution in [1.29, 1.82) is 0 Å². The normalized spacial score (nSPS) is 15.4. The highest BCUT2D eigenvalue weighted by Gasteiger charge is 2.24. The molecule has 0 spiro atoms. The van der Waals surface area contributed by atoms with Gasteiger partial charge in [0.15, 0.2) is 5.96 Å². The molecular weight excluding hydrogens is 505 g/mol. The van der Waals surface area contributed by atoms with Crippen LogP contribution in [0.25, 0.3) is 0 Å². The van der Waals surface area contributed by atoms with E-state index in [9.17, 15) is 5.11 Å². The number of nitrogens with one attached hydrogen (secondary N) is 2. The van der Waals surface area contributed by atoms with Gasteiger partial charge in [0.05, 0.1) is 24.9 Å². The van der Waals surface area contributed by atoms with Crippen LogP contribution in [-0.2, 0) is 22.6 Å². The largest absolute Gasteiger partial charge is 0.388 e. The molecule has 0 radical (unpaired) electrons. The number of benzene rings is 1. The zero-order valence-electron chi connectivity index (χ0n) is 19.5. The van der Waals surface area contributed by atoms with E-state index >= 15 is 0 Å². The van der Waals surface area contributed by atoms with Crippen LogP contribution >= 0.6 is 24.0 Å². The molecule has 178 valence electrons. The predicted molar refractivity (Wildman–Crippen MR) is 138 cm³/mol. The standard InChI is InChI=1S/C24H41N3O3.HI/c1-4-13-24(28,14-5-2)19-27-23(25-6-3)26-17-20-7-9-21(10-8-20)18-30-22-11-15-29-16-12-22;/h7-10,22,28H,4-6,11-19H2,1-3H3,(H2,25,26,27);1H. The third-order valence-electron chi connectivity index (χ3n) is 5.46. The number of ether oxygens (including phenoxy) is 2. The van der Waals surface area contributed by atoms with Crippen LogP contribution in [0.2, 0.25) is 0 Å². The first-order valence-electron chi connectivity index (χ1n) is 11.6. The van der Waals surface area contributed by atoms with Crippen molar-refractivity contribution in [3.8, 4) is 0 Å². The van der Waals surface area contributed by atoms with E-state index in [0.29, 0.717) is 25.8 Å². The first-order valence-corrected chi connectivity index (χ1v) is 11.6. The summed E-state index contributed by atoms with van der Waals surface area (Å²) < 4.78 is 11.4. The number of guanidine groups is 1. The van der Waals surface area contributed by atoms with Gasteiger partial charge in [-0.3, -0.25) is 0 Å². The van der Waals surface area contributed by atoms with Crippen molar-refractivity contribution >= 4 is 29.9 Å². The van der Waals surface area contributed by atoms with Crippen LogP contribution in [0.1, 0.15) is 70.4 Å². The number of halogens is 1. The summed E-state index contributed by atoms with van der Waals surface area (Å²) >= 11 is 0. The zero-order chi connectivity index (χ0) is 21.7. The third kappa shape index (κ3) is 11.0. The fourth-order valence-corrected chi connectivity index (χ4v) is 3.79. The van der Waals surface area contributed by atoms with E-state index in [4.69, 9.17) is 14.5 Å². The van der Waals surface area contributed by atoms with Crippen LogP contribution in [-0.4, -0.2) is 49.1 Å². The minimum atomic E-state index is -0.675. The predicted octanol–water partition coefficient (Wildman–Crippen LogP) is 4.39. The molecule has 1 aliphatic rings. The van der Waals surface area contributed by atoms with E-state index in [2.05, 4.69) is 55.7 Å². The molecule has 0 atom stereocenters. The fraction of sp³-hybridized carbons (Fsp3) is 0.708. The van der Waals surface area contributed by atoms with Gasteiger partial charge in [-0.15, -0.1) is 24.0 Å². The van der Waals surface area contributed by atoms with Gasteiger partial charge >= 0.3 is 0 Å². The maximum absolute atomic E-state index is 10.8. The summed E-state index contributed by atoms with van der Waals surface area (Å²) in [7, 11) is 0. The molecule has 0 unspecified atom stereocenters. The second-order valence-corrected chi connectivity index (χ2v) is 8.21. The van der Waals surface area contributed by atoms with Gasteiger partial charge in [-0.05, 0) is 43.7 Å². The van der Waals surface area contributed by atoms with Gasteiger partial charge < -0.3 is 25.2 Å². The molecular formula is C24H42IN3O3. The van der Waals surface area contributed by atoms with E-state index < -0.39 is 5.60 Å². The van der Waals surface area contributed by atoms with Crippen molar-refractivity contribution in [2.45, 2.75) is 84.2 Å². The van der Waals surface area contributed by atoms with E-state index in [0.717, 1.165) is 69.8 Å². The Hall–Kier alpha value is -0.900. The summed E-state index contributed by atoms with van der Waals surface area (Å²) in [4.78, 5) is 4.69. The topological polar surface area (TPSA) is 75.1 Å². The monoisotopic (exact) mass is 547 g/mol. The minimum Gasteiger partial charge on any atom is -0.388 e. The van der Waals surface area contributed by atoms with Crippen molar-refractivity contribution in [3.05, 3.63) is 35.4 Å². The molecule has 0 aromatic heterocycles. The second kappa shape index (κ2) is 15.8. The molecule has 0 bridgehead atoms. The number of aliphatic imine (C=N–C) groups is 1. The van der Waals surface area contributed by atoms with Gasteiger partial charge in [0, 0.05) is 26.3 Å². The lowest BCUT2D eigenvalue weighted by atomic mass is 9.93. The Bertz CT molecular complexity index is 613. The van der Waals surface area contributed by atoms with Gasteiger partial charge in [-0.25, -0.2) is 4.99 Å². The van der Waals surface area contributed by atoms with Gasteiger partial charge in [0.1, 0.15) is 0 Å². The smallest absolute Gasteiger partial charge is 0.191 e. The van der Waals surface area contributed by atoms with Crippen LogP contribution in [0.15, 0.2) is 29.3 Å². The molecule has 1 heterocycles.